The second kappa shape index (κ2) is 12.5. The Morgan fingerprint density at radius 2 is 1.82 bits per heavy atom. The van der Waals surface area contributed by atoms with Crippen molar-refractivity contribution in [2.75, 3.05) is 6.54 Å². The molecule has 5 atom stereocenters. The van der Waals surface area contributed by atoms with E-state index in [-0.39, 0.29) is 23.7 Å². The number of allylic oxidation sites excluding steroid dienone is 2. The van der Waals surface area contributed by atoms with Crippen LogP contribution in [0.25, 0.3) is 0 Å². The molecule has 12 heteroatoms. The van der Waals surface area contributed by atoms with Gasteiger partial charge < -0.3 is 20.7 Å². The summed E-state index contributed by atoms with van der Waals surface area (Å²) in [5, 5.41) is 2.70. The zero-order chi connectivity index (χ0) is 29.9. The van der Waals surface area contributed by atoms with E-state index in [9.17, 15) is 27.6 Å². The minimum Gasteiger partial charge on any atom is -0.444 e. The Kier molecular flexibility index (Phi) is 9.95. The lowest BCUT2D eigenvalue weighted by Gasteiger charge is -2.29. The maximum absolute atomic E-state index is 13.4. The number of hydrogen-bond acceptors (Lipinski definition) is 7. The first kappa shape index (κ1) is 31.9. The summed E-state index contributed by atoms with van der Waals surface area (Å²) >= 11 is 0. The predicted molar refractivity (Wildman–Crippen MR) is 150 cm³/mol. The number of nitrogens with zero attached hydrogens (tertiary/aromatic N) is 1. The number of likely N-dealkylation sites (tertiary alicyclic amines) is 1. The molecule has 1 heterocycles. The first-order valence-corrected chi connectivity index (χ1v) is 15.8. The van der Waals surface area contributed by atoms with Crippen molar-refractivity contribution in [3.8, 4) is 0 Å². The molecular weight excluding hydrogens is 536 g/mol. The Balaban J connectivity index is 1.43. The first-order valence-electron chi connectivity index (χ1n) is 14.4. The Morgan fingerprint density at radius 1 is 1.15 bits per heavy atom. The van der Waals surface area contributed by atoms with Gasteiger partial charge in [-0.15, -0.1) is 0 Å². The molecule has 11 nitrogen and oxygen atoms in total. The topological polar surface area (TPSA) is 165 Å². The summed E-state index contributed by atoms with van der Waals surface area (Å²) in [7, 11) is -3.60. The van der Waals surface area contributed by atoms with Gasteiger partial charge in [0.05, 0.1) is 4.75 Å². The lowest BCUT2D eigenvalue weighted by molar-refractivity contribution is -0.139. The fourth-order valence-corrected chi connectivity index (χ4v) is 6.40. The highest BCUT2D eigenvalue weighted by molar-refractivity contribution is 7.91. The van der Waals surface area contributed by atoms with Gasteiger partial charge in [-0.1, -0.05) is 31.9 Å². The minimum absolute atomic E-state index is 0.0431. The molecule has 0 spiro atoms. The van der Waals surface area contributed by atoms with Gasteiger partial charge in [0.25, 0.3) is 0 Å². The van der Waals surface area contributed by atoms with Crippen molar-refractivity contribution in [2.24, 2.45) is 23.5 Å². The number of hydrogen-bond donors (Lipinski definition) is 3. The van der Waals surface area contributed by atoms with Crippen molar-refractivity contribution in [2.45, 2.75) is 115 Å². The Bertz CT molecular complexity index is 1110. The molecule has 5 unspecified atom stereocenters. The van der Waals surface area contributed by atoms with Gasteiger partial charge in [-0.2, -0.15) is 0 Å². The fraction of sp³-hybridized carbons (Fsp3) is 0.786. The Hall–Kier alpha value is -2.63. The third kappa shape index (κ3) is 8.44. The van der Waals surface area contributed by atoms with E-state index in [1.807, 2.05) is 19.1 Å². The standard InChI is InChI=1S/C28H46N4O7S/c1-18-13-16-32(22(18)23(29)33)25(35)21(30-26(36)39-27(2,3)4)12-10-8-6-7-9-11-19-17-20(19)24(34)31-40(37,38)28(5)14-15-28/h9,11,18-22H,6-8,10,12-17H2,1-5H3,(H2,29,33)(H,30,36)(H,31,34). The van der Waals surface area contributed by atoms with E-state index in [0.29, 0.717) is 45.1 Å². The van der Waals surface area contributed by atoms with Crippen molar-refractivity contribution < 1.29 is 32.3 Å². The fourth-order valence-electron chi connectivity index (χ4n) is 5.10. The van der Waals surface area contributed by atoms with Gasteiger partial charge in [0.1, 0.15) is 17.7 Å². The highest BCUT2D eigenvalue weighted by Gasteiger charge is 2.52. The predicted octanol–water partition coefficient (Wildman–Crippen LogP) is 2.74. The molecule has 3 aliphatic rings. The van der Waals surface area contributed by atoms with Crippen LogP contribution in [0.1, 0.15) is 92.4 Å². The Morgan fingerprint density at radius 3 is 2.42 bits per heavy atom. The van der Waals surface area contributed by atoms with Crippen molar-refractivity contribution in [3.63, 3.8) is 0 Å². The van der Waals surface area contributed by atoms with Gasteiger partial charge in [-0.05, 0) is 84.5 Å². The van der Waals surface area contributed by atoms with Crippen molar-refractivity contribution in [1.82, 2.24) is 14.9 Å². The lowest BCUT2D eigenvalue weighted by atomic mass is 10.0. The molecule has 2 aliphatic carbocycles. The number of carbonyl (C=O) groups excluding carboxylic acids is 4. The number of amides is 4. The molecule has 2 saturated carbocycles. The van der Waals surface area contributed by atoms with E-state index in [1.54, 1.807) is 27.7 Å². The number of alkyl carbamates (subject to hydrolysis) is 1. The van der Waals surface area contributed by atoms with E-state index >= 15 is 0 Å². The van der Waals surface area contributed by atoms with Gasteiger partial charge in [0.15, 0.2) is 0 Å². The number of nitrogens with two attached hydrogens (primary N) is 1. The van der Waals surface area contributed by atoms with Crippen molar-refractivity contribution >= 4 is 33.8 Å². The third-order valence-corrected chi connectivity index (χ3v) is 10.2. The summed E-state index contributed by atoms with van der Waals surface area (Å²) in [6.07, 6.45) is 9.32. The molecule has 40 heavy (non-hydrogen) atoms. The third-order valence-electron chi connectivity index (χ3n) is 8.03. The van der Waals surface area contributed by atoms with Crippen LogP contribution in [0.15, 0.2) is 12.2 Å². The molecule has 0 bridgehead atoms. The number of primary amides is 1. The summed E-state index contributed by atoms with van der Waals surface area (Å²) in [6, 6.07) is -1.51. The largest absolute Gasteiger partial charge is 0.444 e. The van der Waals surface area contributed by atoms with Gasteiger partial charge >= 0.3 is 6.09 Å². The molecule has 0 radical (unpaired) electrons. The maximum Gasteiger partial charge on any atom is 0.408 e. The van der Waals surface area contributed by atoms with Crippen LogP contribution in [-0.2, 0) is 29.1 Å². The Labute approximate surface area is 238 Å². The van der Waals surface area contributed by atoms with Gasteiger partial charge in [-0.3, -0.25) is 19.1 Å². The van der Waals surface area contributed by atoms with Crippen LogP contribution in [0, 0.1) is 17.8 Å². The molecular formula is C28H46N4O7S. The molecule has 3 rings (SSSR count). The number of ether oxygens (including phenoxy) is 1. The van der Waals surface area contributed by atoms with Crippen LogP contribution in [0.5, 0.6) is 0 Å². The summed E-state index contributed by atoms with van der Waals surface area (Å²) < 4.78 is 31.3. The molecule has 0 aromatic heterocycles. The van der Waals surface area contributed by atoms with E-state index in [1.165, 1.54) is 4.90 Å². The SMILES string of the molecule is CC1CCN(C(=O)C(CCCCCC=CC2CC2C(=O)NS(=O)(=O)C2(C)CC2)NC(=O)OC(C)(C)C)C1C(N)=O. The summed E-state index contributed by atoms with van der Waals surface area (Å²) in [4.78, 5) is 51.6. The number of sulfonamides is 1. The van der Waals surface area contributed by atoms with Crippen LogP contribution in [0.3, 0.4) is 0 Å². The monoisotopic (exact) mass is 582 g/mol. The van der Waals surface area contributed by atoms with Crippen LogP contribution < -0.4 is 15.8 Å². The highest BCUT2D eigenvalue weighted by Crippen LogP contribution is 2.44. The number of rotatable bonds is 13. The smallest absolute Gasteiger partial charge is 0.408 e. The molecule has 0 aromatic rings. The van der Waals surface area contributed by atoms with E-state index in [0.717, 1.165) is 19.3 Å². The van der Waals surface area contributed by atoms with Gasteiger partial charge in [0.2, 0.25) is 27.7 Å². The highest BCUT2D eigenvalue weighted by atomic mass is 32.2. The number of carbonyl (C=O) groups is 4. The van der Waals surface area contributed by atoms with Crippen LogP contribution in [0.2, 0.25) is 0 Å². The maximum atomic E-state index is 13.4. The van der Waals surface area contributed by atoms with Gasteiger partial charge in [-0.25, -0.2) is 13.2 Å². The van der Waals surface area contributed by atoms with Gasteiger partial charge in [0, 0.05) is 12.5 Å². The average molecular weight is 583 g/mol. The second-order valence-corrected chi connectivity index (χ2v) is 15.0. The molecule has 3 fully saturated rings. The zero-order valence-electron chi connectivity index (χ0n) is 24.4. The molecule has 1 saturated heterocycles. The normalized spacial score (nSPS) is 26.3. The van der Waals surface area contributed by atoms with E-state index < -0.39 is 50.4 Å². The second-order valence-electron chi connectivity index (χ2n) is 12.8. The minimum atomic E-state index is -3.60. The van der Waals surface area contributed by atoms with E-state index in [4.69, 9.17) is 10.5 Å². The van der Waals surface area contributed by atoms with Crippen molar-refractivity contribution in [3.05, 3.63) is 12.2 Å². The molecule has 1 aliphatic heterocycles. The molecule has 4 amide bonds. The summed E-state index contributed by atoms with van der Waals surface area (Å²) in [5.74, 6) is -1.56. The molecule has 226 valence electrons. The van der Waals surface area contributed by atoms with Crippen molar-refractivity contribution in [1.29, 1.82) is 0 Å². The van der Waals surface area contributed by atoms with Crippen LogP contribution in [-0.4, -0.2) is 66.1 Å². The van der Waals surface area contributed by atoms with Crippen LogP contribution >= 0.6 is 0 Å². The first-order chi connectivity index (χ1) is 18.5. The summed E-state index contributed by atoms with van der Waals surface area (Å²) in [5.41, 5.74) is 4.85. The molecule has 4 N–H and O–H groups in total. The quantitative estimate of drug-likeness (QED) is 0.222. The number of nitrogens with one attached hydrogen (secondary N) is 2. The average Bonchev–Trinajstić information content (AvgIpc) is 3.73. The molecule has 0 aromatic carbocycles. The summed E-state index contributed by atoms with van der Waals surface area (Å²) in [6.45, 7) is 9.19. The lowest BCUT2D eigenvalue weighted by Crippen LogP contribution is -2.54. The zero-order valence-corrected chi connectivity index (χ0v) is 25.2. The van der Waals surface area contributed by atoms with Crippen LogP contribution in [0.4, 0.5) is 4.79 Å². The number of unbranched alkanes of at least 4 members (excludes halogenated alkanes) is 3. The van der Waals surface area contributed by atoms with E-state index in [2.05, 4.69) is 10.0 Å².